The number of rotatable bonds is 2. The van der Waals surface area contributed by atoms with E-state index in [-0.39, 0.29) is 15.5 Å². The van der Waals surface area contributed by atoms with Crippen LogP contribution in [0.3, 0.4) is 0 Å². The van der Waals surface area contributed by atoms with Crippen molar-refractivity contribution in [1.29, 1.82) is 0 Å². The lowest BCUT2D eigenvalue weighted by atomic mass is 10.1. The number of hydrogen-bond donors (Lipinski definition) is 1. The number of para-hydroxylation sites is 1. The van der Waals surface area contributed by atoms with Crippen molar-refractivity contribution in [2.45, 2.75) is 6.18 Å². The molecule has 4 rings (SSSR count). The van der Waals surface area contributed by atoms with Crippen molar-refractivity contribution in [3.63, 3.8) is 0 Å². The molecule has 0 unspecified atom stereocenters. The molecular formula is C19H11F3N2OS2. The number of aliphatic imine (C=N–C) groups is 1. The fraction of sp³-hybridized carbons (Fsp3) is 0.0526. The second-order valence-corrected chi connectivity index (χ2v) is 7.49. The van der Waals surface area contributed by atoms with Gasteiger partial charge in [-0.05, 0) is 42.6 Å². The molecule has 3 nitrogen and oxygen atoms in total. The normalized spacial score (nSPS) is 14.7. The molecule has 136 valence electrons. The predicted octanol–water partition coefficient (Wildman–Crippen LogP) is 6.25. The first-order chi connectivity index (χ1) is 12.8. The maximum absolute atomic E-state index is 13.0. The van der Waals surface area contributed by atoms with Crippen molar-refractivity contribution < 1.29 is 18.3 Å². The fourth-order valence-electron chi connectivity index (χ4n) is 2.82. The molecule has 2 heterocycles. The summed E-state index contributed by atoms with van der Waals surface area (Å²) in [4.78, 5) is 4.76. The molecule has 0 saturated carbocycles. The summed E-state index contributed by atoms with van der Waals surface area (Å²) in [7, 11) is 0. The molecule has 1 aliphatic heterocycles. The summed E-state index contributed by atoms with van der Waals surface area (Å²) in [6.07, 6.45) is -1.06. The van der Waals surface area contributed by atoms with Crippen molar-refractivity contribution in [2.24, 2.45) is 4.99 Å². The average molecular weight is 404 g/mol. The summed E-state index contributed by atoms with van der Waals surface area (Å²) < 4.78 is 40.4. The number of benzene rings is 2. The van der Waals surface area contributed by atoms with Crippen LogP contribution in [0.15, 0.2) is 53.5 Å². The first kappa shape index (κ1) is 17.7. The summed E-state index contributed by atoms with van der Waals surface area (Å²) in [5, 5.41) is 10.6. The SMILES string of the molecule is Oc1c(C=C2C=Nc3ccccc32)sc(=S)n1-c1cccc(C(F)(F)F)c1. The number of allylic oxidation sites excluding steroid dienone is 1. The van der Waals surface area contributed by atoms with Crippen LogP contribution in [0.1, 0.15) is 16.0 Å². The molecule has 3 aromatic rings. The lowest BCUT2D eigenvalue weighted by Crippen LogP contribution is -2.06. The Morgan fingerprint density at radius 1 is 1.11 bits per heavy atom. The second-order valence-electron chi connectivity index (χ2n) is 5.81. The highest BCUT2D eigenvalue weighted by atomic mass is 32.1. The quantitative estimate of drug-likeness (QED) is 0.513. The van der Waals surface area contributed by atoms with Crippen LogP contribution in [0.4, 0.5) is 18.9 Å². The van der Waals surface area contributed by atoms with E-state index < -0.39 is 11.7 Å². The molecule has 27 heavy (non-hydrogen) atoms. The van der Waals surface area contributed by atoms with E-state index in [0.29, 0.717) is 4.88 Å². The van der Waals surface area contributed by atoms with Gasteiger partial charge in [-0.25, -0.2) is 0 Å². The molecule has 1 aliphatic rings. The minimum Gasteiger partial charge on any atom is -0.493 e. The zero-order valence-corrected chi connectivity index (χ0v) is 15.2. The van der Waals surface area contributed by atoms with Crippen LogP contribution >= 0.6 is 23.6 Å². The zero-order chi connectivity index (χ0) is 19.2. The monoisotopic (exact) mass is 404 g/mol. The molecule has 0 amide bonds. The van der Waals surface area contributed by atoms with Gasteiger partial charge in [0.1, 0.15) is 0 Å². The van der Waals surface area contributed by atoms with Gasteiger partial charge in [0.25, 0.3) is 0 Å². The number of aromatic nitrogens is 1. The van der Waals surface area contributed by atoms with Gasteiger partial charge in [0.15, 0.2) is 3.95 Å². The van der Waals surface area contributed by atoms with Crippen LogP contribution in [0.2, 0.25) is 0 Å². The summed E-state index contributed by atoms with van der Waals surface area (Å²) in [5.74, 6) is -0.199. The van der Waals surface area contributed by atoms with Gasteiger partial charge in [-0.3, -0.25) is 9.56 Å². The maximum atomic E-state index is 13.0. The highest BCUT2D eigenvalue weighted by Gasteiger charge is 2.30. The van der Waals surface area contributed by atoms with Crippen molar-refractivity contribution in [3.05, 3.63) is 68.5 Å². The van der Waals surface area contributed by atoms with Gasteiger partial charge >= 0.3 is 6.18 Å². The number of halogens is 3. The molecule has 1 N–H and O–H groups in total. The molecule has 0 atom stereocenters. The summed E-state index contributed by atoms with van der Waals surface area (Å²) >= 11 is 6.39. The largest absolute Gasteiger partial charge is 0.493 e. The Hall–Kier alpha value is -2.71. The van der Waals surface area contributed by atoms with Crippen molar-refractivity contribution >= 4 is 47.1 Å². The van der Waals surface area contributed by atoms with Crippen LogP contribution in [0.25, 0.3) is 17.3 Å². The molecule has 0 aliphatic carbocycles. The van der Waals surface area contributed by atoms with Gasteiger partial charge in [0, 0.05) is 17.4 Å². The van der Waals surface area contributed by atoms with E-state index in [1.54, 1.807) is 12.3 Å². The van der Waals surface area contributed by atoms with E-state index in [1.165, 1.54) is 16.7 Å². The number of thiazole rings is 1. The first-order valence-corrected chi connectivity index (χ1v) is 9.05. The number of alkyl halides is 3. The average Bonchev–Trinajstić information content (AvgIpc) is 3.16. The summed E-state index contributed by atoms with van der Waals surface area (Å²) in [6.45, 7) is 0. The number of aromatic hydroxyl groups is 1. The number of hydrogen-bond acceptors (Lipinski definition) is 4. The van der Waals surface area contributed by atoms with E-state index >= 15 is 0 Å². The number of nitrogens with zero attached hydrogens (tertiary/aromatic N) is 2. The Morgan fingerprint density at radius 3 is 2.67 bits per heavy atom. The smallest absolute Gasteiger partial charge is 0.416 e. The Morgan fingerprint density at radius 2 is 1.89 bits per heavy atom. The van der Waals surface area contributed by atoms with Gasteiger partial charge in [0.2, 0.25) is 5.88 Å². The highest BCUT2D eigenvalue weighted by Crippen LogP contribution is 2.37. The van der Waals surface area contributed by atoms with Gasteiger partial charge in [-0.1, -0.05) is 24.3 Å². The first-order valence-electron chi connectivity index (χ1n) is 7.82. The summed E-state index contributed by atoms with van der Waals surface area (Å²) in [5.41, 5.74) is 1.90. The van der Waals surface area contributed by atoms with Gasteiger partial charge in [-0.15, -0.1) is 11.3 Å². The van der Waals surface area contributed by atoms with Crippen molar-refractivity contribution in [2.75, 3.05) is 0 Å². The van der Waals surface area contributed by atoms with Crippen molar-refractivity contribution in [3.8, 4) is 11.6 Å². The van der Waals surface area contributed by atoms with Crippen LogP contribution in [0, 0.1) is 3.95 Å². The molecule has 0 spiro atoms. The van der Waals surface area contributed by atoms with Crippen molar-refractivity contribution in [1.82, 2.24) is 4.57 Å². The maximum Gasteiger partial charge on any atom is 0.416 e. The molecule has 8 heteroatoms. The molecule has 0 radical (unpaired) electrons. The van der Waals surface area contributed by atoms with Crippen LogP contribution in [0.5, 0.6) is 5.88 Å². The van der Waals surface area contributed by atoms with Crippen LogP contribution in [-0.2, 0) is 6.18 Å². The number of fused-ring (bicyclic) bond motifs is 1. The second kappa shape index (κ2) is 6.47. The molecular weight excluding hydrogens is 393 g/mol. The third-order valence-electron chi connectivity index (χ3n) is 4.09. The zero-order valence-electron chi connectivity index (χ0n) is 13.6. The van der Waals surface area contributed by atoms with E-state index in [0.717, 1.165) is 40.3 Å². The molecule has 0 bridgehead atoms. The fourth-order valence-corrected chi connectivity index (χ4v) is 4.12. The molecule has 0 fully saturated rings. The minimum atomic E-state index is -4.47. The Kier molecular flexibility index (Phi) is 4.24. The molecule has 1 aromatic heterocycles. The van der Waals surface area contributed by atoms with Gasteiger partial charge in [0.05, 0.1) is 21.8 Å². The topological polar surface area (TPSA) is 37.5 Å². The van der Waals surface area contributed by atoms with Crippen LogP contribution in [-0.4, -0.2) is 15.9 Å². The molecule has 0 saturated heterocycles. The predicted molar refractivity (Wildman–Crippen MR) is 104 cm³/mol. The lowest BCUT2D eigenvalue weighted by Gasteiger charge is -2.10. The summed E-state index contributed by atoms with van der Waals surface area (Å²) in [6, 6.07) is 12.3. The van der Waals surface area contributed by atoms with E-state index in [9.17, 15) is 18.3 Å². The lowest BCUT2D eigenvalue weighted by molar-refractivity contribution is -0.137. The van der Waals surface area contributed by atoms with E-state index in [4.69, 9.17) is 12.2 Å². The molecule has 2 aromatic carbocycles. The Balaban J connectivity index is 1.80. The third kappa shape index (κ3) is 3.22. The van der Waals surface area contributed by atoms with E-state index in [2.05, 4.69) is 4.99 Å². The minimum absolute atomic E-state index is 0.161. The van der Waals surface area contributed by atoms with Gasteiger partial charge < -0.3 is 5.11 Å². The Labute approximate surface area is 161 Å². The van der Waals surface area contributed by atoms with Crippen LogP contribution < -0.4 is 0 Å². The Bertz CT molecular complexity index is 1160. The standard InChI is InChI=1S/C19H11F3N2OS2/c20-19(21,22)12-4-3-5-13(9-12)24-17(25)16(27-18(24)26)8-11-10-23-15-7-2-1-6-14(11)15/h1-10,25H. The highest BCUT2D eigenvalue weighted by molar-refractivity contribution is 7.73. The van der Waals surface area contributed by atoms with Gasteiger partial charge in [-0.2, -0.15) is 13.2 Å². The third-order valence-corrected chi connectivity index (χ3v) is 5.40. The van der Waals surface area contributed by atoms with E-state index in [1.807, 2.05) is 24.3 Å².